The van der Waals surface area contributed by atoms with E-state index in [0.717, 1.165) is 34.2 Å². The predicted molar refractivity (Wildman–Crippen MR) is 91.4 cm³/mol. The van der Waals surface area contributed by atoms with Crippen molar-refractivity contribution in [3.05, 3.63) is 76.0 Å². The summed E-state index contributed by atoms with van der Waals surface area (Å²) in [4.78, 5) is 2.22. The maximum Gasteiger partial charge on any atom is 0.102 e. The molecule has 0 N–H and O–H groups in total. The number of halogens is 1. The fourth-order valence-corrected chi connectivity index (χ4v) is 2.94. The Morgan fingerprint density at radius 2 is 1.91 bits per heavy atom. The zero-order valence-electron chi connectivity index (χ0n) is 12.3. The Bertz CT molecular complexity index is 828. The Hall–Kier alpha value is -2.09. The molecule has 1 aromatic carbocycles. The largest absolute Gasteiger partial charge is 0.322 e. The van der Waals surface area contributed by atoms with Crippen LogP contribution in [0, 0.1) is 11.3 Å². The van der Waals surface area contributed by atoms with Crippen molar-refractivity contribution in [2.24, 2.45) is 0 Å². The second-order valence-electron chi connectivity index (χ2n) is 5.43. The summed E-state index contributed by atoms with van der Waals surface area (Å²) in [6, 6.07) is 16.6. The van der Waals surface area contributed by atoms with Gasteiger partial charge in [0.25, 0.3) is 0 Å². The number of nitrogens with zero attached hydrogens (tertiary/aromatic N) is 3. The van der Waals surface area contributed by atoms with Crippen molar-refractivity contribution < 1.29 is 0 Å². The minimum atomic E-state index is 0.751. The smallest absolute Gasteiger partial charge is 0.102 e. The highest BCUT2D eigenvalue weighted by Crippen LogP contribution is 2.20. The molecule has 0 spiro atoms. The Morgan fingerprint density at radius 3 is 2.64 bits per heavy atom. The zero-order valence-corrected chi connectivity index (χ0v) is 13.9. The summed E-state index contributed by atoms with van der Waals surface area (Å²) >= 11 is 3.45. The predicted octanol–water partition coefficient (Wildman–Crippen LogP) is 4.21. The average Bonchev–Trinajstić information content (AvgIpc) is 2.86. The summed E-state index contributed by atoms with van der Waals surface area (Å²) in [5, 5.41) is 9.45. The van der Waals surface area contributed by atoms with Crippen molar-refractivity contribution in [2.45, 2.75) is 13.1 Å². The molecule has 0 radical (unpaired) electrons. The Labute approximate surface area is 138 Å². The third kappa shape index (κ3) is 3.06. The minimum absolute atomic E-state index is 0.751. The second kappa shape index (κ2) is 6.35. The molecule has 3 rings (SSSR count). The van der Waals surface area contributed by atoms with E-state index in [1.807, 2.05) is 35.0 Å². The molecule has 0 saturated carbocycles. The molecule has 2 aromatic heterocycles. The molecule has 110 valence electrons. The molecule has 0 atom stereocenters. The van der Waals surface area contributed by atoms with Crippen LogP contribution in [0.1, 0.15) is 16.7 Å². The molecule has 0 saturated heterocycles. The quantitative estimate of drug-likeness (QED) is 0.703. The summed E-state index contributed by atoms with van der Waals surface area (Å²) in [7, 11) is 2.07. The van der Waals surface area contributed by atoms with Crippen molar-refractivity contribution >= 4 is 21.4 Å². The second-order valence-corrected chi connectivity index (χ2v) is 6.35. The lowest BCUT2D eigenvalue weighted by molar-refractivity contribution is 0.319. The van der Waals surface area contributed by atoms with Crippen molar-refractivity contribution in [1.29, 1.82) is 5.26 Å². The van der Waals surface area contributed by atoms with E-state index >= 15 is 0 Å². The van der Waals surface area contributed by atoms with Gasteiger partial charge in [-0.2, -0.15) is 5.26 Å². The summed E-state index contributed by atoms with van der Waals surface area (Å²) < 4.78 is 3.10. The third-order valence-electron chi connectivity index (χ3n) is 3.68. The highest BCUT2D eigenvalue weighted by Gasteiger charge is 2.12. The fraction of sp³-hybridized carbons (Fsp3) is 0.167. The fourth-order valence-electron chi connectivity index (χ4n) is 2.67. The van der Waals surface area contributed by atoms with Gasteiger partial charge in [-0.25, -0.2) is 0 Å². The topological polar surface area (TPSA) is 31.4 Å². The molecule has 4 heteroatoms. The molecule has 3 aromatic rings. The van der Waals surface area contributed by atoms with Crippen LogP contribution in [-0.4, -0.2) is 16.3 Å². The monoisotopic (exact) mass is 353 g/mol. The van der Waals surface area contributed by atoms with Gasteiger partial charge in [0.1, 0.15) is 6.07 Å². The normalized spacial score (nSPS) is 11.0. The van der Waals surface area contributed by atoms with Crippen molar-refractivity contribution in [1.82, 2.24) is 9.30 Å². The van der Waals surface area contributed by atoms with Crippen LogP contribution in [0.2, 0.25) is 0 Å². The molecule has 0 bridgehead atoms. The molecule has 0 fully saturated rings. The lowest BCUT2D eigenvalue weighted by Crippen LogP contribution is -2.17. The van der Waals surface area contributed by atoms with E-state index in [9.17, 15) is 5.26 Å². The van der Waals surface area contributed by atoms with E-state index in [0.29, 0.717) is 0 Å². The van der Waals surface area contributed by atoms with E-state index < -0.39 is 0 Å². The van der Waals surface area contributed by atoms with Crippen molar-refractivity contribution in [3.63, 3.8) is 0 Å². The van der Waals surface area contributed by atoms with E-state index in [-0.39, 0.29) is 0 Å². The van der Waals surface area contributed by atoms with Crippen LogP contribution >= 0.6 is 15.9 Å². The van der Waals surface area contributed by atoms with Gasteiger partial charge in [0.15, 0.2) is 0 Å². The molecular formula is C18H16BrN3. The first-order valence-electron chi connectivity index (χ1n) is 7.09. The van der Waals surface area contributed by atoms with Gasteiger partial charge in [0, 0.05) is 35.5 Å². The molecule has 0 amide bonds. The van der Waals surface area contributed by atoms with E-state index in [4.69, 9.17) is 0 Å². The van der Waals surface area contributed by atoms with Crippen LogP contribution in [0.15, 0.2) is 59.3 Å². The number of hydrogen-bond donors (Lipinski definition) is 0. The number of pyridine rings is 1. The first-order valence-corrected chi connectivity index (χ1v) is 7.88. The number of aromatic nitrogens is 1. The molecule has 0 unspecified atom stereocenters. The zero-order chi connectivity index (χ0) is 15.5. The van der Waals surface area contributed by atoms with Gasteiger partial charge >= 0.3 is 0 Å². The Morgan fingerprint density at radius 1 is 1.14 bits per heavy atom. The van der Waals surface area contributed by atoms with Crippen LogP contribution in [0.3, 0.4) is 0 Å². The first-order chi connectivity index (χ1) is 10.7. The van der Waals surface area contributed by atoms with Gasteiger partial charge in [-0.15, -0.1) is 0 Å². The molecule has 0 aliphatic heterocycles. The number of fused-ring (bicyclic) bond motifs is 1. The van der Waals surface area contributed by atoms with Crippen LogP contribution in [0.25, 0.3) is 5.52 Å². The molecule has 0 aliphatic carbocycles. The molecule has 3 nitrogen and oxygen atoms in total. The summed E-state index contributed by atoms with van der Waals surface area (Å²) in [6.45, 7) is 1.60. The van der Waals surface area contributed by atoms with Gasteiger partial charge in [0.05, 0.1) is 11.1 Å². The highest BCUT2D eigenvalue weighted by atomic mass is 79.9. The summed E-state index contributed by atoms with van der Waals surface area (Å²) in [6.07, 6.45) is 4.03. The number of benzene rings is 1. The lowest BCUT2D eigenvalue weighted by atomic mass is 10.1. The van der Waals surface area contributed by atoms with Crippen LogP contribution < -0.4 is 0 Å². The SMILES string of the molecule is CN(Cc1ccc(Br)cc1)Cc1cn2ccccc2c1C#N. The van der Waals surface area contributed by atoms with Crippen molar-refractivity contribution in [2.75, 3.05) is 7.05 Å². The molecule has 22 heavy (non-hydrogen) atoms. The van der Waals surface area contributed by atoms with Crippen LogP contribution in [0.5, 0.6) is 0 Å². The standard InChI is InChI=1S/C18H16BrN3/c1-21(11-14-5-7-16(19)8-6-14)12-15-13-22-9-3-2-4-18(22)17(15)10-20/h2-9,13H,11-12H2,1H3. The Balaban J connectivity index is 1.80. The van der Waals surface area contributed by atoms with E-state index in [1.165, 1.54) is 5.56 Å². The van der Waals surface area contributed by atoms with Crippen molar-refractivity contribution in [3.8, 4) is 6.07 Å². The number of nitriles is 1. The molecule has 0 aliphatic rings. The van der Waals surface area contributed by atoms with Crippen LogP contribution in [-0.2, 0) is 13.1 Å². The van der Waals surface area contributed by atoms with Gasteiger partial charge in [-0.05, 0) is 36.9 Å². The van der Waals surface area contributed by atoms with E-state index in [1.54, 1.807) is 0 Å². The van der Waals surface area contributed by atoms with Gasteiger partial charge < -0.3 is 4.40 Å². The van der Waals surface area contributed by atoms with Crippen LogP contribution in [0.4, 0.5) is 0 Å². The van der Waals surface area contributed by atoms with Gasteiger partial charge in [-0.3, -0.25) is 4.90 Å². The van der Waals surface area contributed by atoms with Gasteiger partial charge in [-0.1, -0.05) is 34.1 Å². The average molecular weight is 354 g/mol. The maximum absolute atomic E-state index is 9.45. The minimum Gasteiger partial charge on any atom is -0.322 e. The molecular weight excluding hydrogens is 338 g/mol. The maximum atomic E-state index is 9.45. The highest BCUT2D eigenvalue weighted by molar-refractivity contribution is 9.10. The third-order valence-corrected chi connectivity index (χ3v) is 4.21. The summed E-state index contributed by atoms with van der Waals surface area (Å²) in [5.41, 5.74) is 4.06. The van der Waals surface area contributed by atoms with Gasteiger partial charge in [0.2, 0.25) is 0 Å². The number of rotatable bonds is 4. The summed E-state index contributed by atoms with van der Waals surface area (Å²) in [5.74, 6) is 0. The van der Waals surface area contributed by atoms with E-state index in [2.05, 4.69) is 58.2 Å². The lowest BCUT2D eigenvalue weighted by Gasteiger charge is -2.16. The Kier molecular flexibility index (Phi) is 4.28. The first kappa shape index (κ1) is 14.8. The molecule has 2 heterocycles. The number of hydrogen-bond acceptors (Lipinski definition) is 2.